The van der Waals surface area contributed by atoms with Crippen molar-refractivity contribution in [1.29, 1.82) is 0 Å². The molecule has 100 valence electrons. The summed E-state index contributed by atoms with van der Waals surface area (Å²) in [6, 6.07) is 1.39. The fraction of sp³-hybridized carbons (Fsp3) is 0.462. The molecule has 0 bridgehead atoms. The van der Waals surface area contributed by atoms with Crippen LogP contribution < -0.4 is 5.32 Å². The van der Waals surface area contributed by atoms with Gasteiger partial charge in [0.05, 0.1) is 11.8 Å². The van der Waals surface area contributed by atoms with Gasteiger partial charge in [0.2, 0.25) is 5.91 Å². The molecule has 2 aliphatic heterocycles. The molecule has 2 atom stereocenters. The highest BCUT2D eigenvalue weighted by Crippen LogP contribution is 2.29. The Hall–Kier alpha value is -1.98. The molecule has 0 unspecified atom stereocenters. The minimum Gasteiger partial charge on any atom is -0.356 e. The molecule has 1 N–H and O–H groups in total. The molecule has 2 fully saturated rings. The Kier molecular flexibility index (Phi) is 2.93. The monoisotopic (exact) mass is 263 g/mol. The molecule has 2 aliphatic rings. The number of pyridine rings is 1. The average Bonchev–Trinajstić information content (AvgIpc) is 2.81. The summed E-state index contributed by atoms with van der Waals surface area (Å²) in [5, 5.41) is 2.80. The number of piperidine rings is 1. The zero-order valence-corrected chi connectivity index (χ0v) is 10.3. The number of carbonyl (C=O) groups is 2. The predicted molar refractivity (Wildman–Crippen MR) is 64.7 cm³/mol. The van der Waals surface area contributed by atoms with Crippen LogP contribution in [0.5, 0.6) is 0 Å². The van der Waals surface area contributed by atoms with Gasteiger partial charge in [-0.05, 0) is 17.9 Å². The number of hydrogen-bond acceptors (Lipinski definition) is 3. The second kappa shape index (κ2) is 4.60. The van der Waals surface area contributed by atoms with Gasteiger partial charge in [0.15, 0.2) is 5.82 Å². The van der Waals surface area contributed by atoms with Crippen LogP contribution in [0, 0.1) is 17.7 Å². The number of halogens is 1. The second-order valence-electron chi connectivity index (χ2n) is 5.09. The second-order valence-corrected chi connectivity index (χ2v) is 5.09. The first kappa shape index (κ1) is 12.1. The van der Waals surface area contributed by atoms with Gasteiger partial charge in [-0.25, -0.2) is 4.39 Å². The smallest absolute Gasteiger partial charge is 0.256 e. The standard InChI is InChI=1S/C13H14FN3O2/c14-11-5-15-2-1-10(11)13(19)17-6-8-3-12(18)16-4-9(8)7-17/h1-2,5,8-9H,3-4,6-7H2,(H,16,18)/t8-,9+/m0/s1. The van der Waals surface area contributed by atoms with Crippen molar-refractivity contribution in [2.45, 2.75) is 6.42 Å². The lowest BCUT2D eigenvalue weighted by atomic mass is 9.89. The normalized spacial score (nSPS) is 25.9. The van der Waals surface area contributed by atoms with E-state index in [1.54, 1.807) is 4.90 Å². The van der Waals surface area contributed by atoms with Gasteiger partial charge < -0.3 is 10.2 Å². The quantitative estimate of drug-likeness (QED) is 0.799. The van der Waals surface area contributed by atoms with Crippen LogP contribution in [0.25, 0.3) is 0 Å². The number of nitrogens with one attached hydrogen (secondary N) is 1. The fourth-order valence-corrected chi connectivity index (χ4v) is 2.84. The van der Waals surface area contributed by atoms with E-state index in [9.17, 15) is 14.0 Å². The summed E-state index contributed by atoms with van der Waals surface area (Å²) < 4.78 is 13.5. The number of hydrogen-bond donors (Lipinski definition) is 1. The van der Waals surface area contributed by atoms with E-state index >= 15 is 0 Å². The number of carbonyl (C=O) groups excluding carboxylic acids is 2. The first-order valence-electron chi connectivity index (χ1n) is 6.30. The van der Waals surface area contributed by atoms with Crippen molar-refractivity contribution < 1.29 is 14.0 Å². The van der Waals surface area contributed by atoms with E-state index in [-0.39, 0.29) is 29.2 Å². The molecular weight excluding hydrogens is 249 g/mol. The van der Waals surface area contributed by atoms with Crippen LogP contribution in [-0.2, 0) is 4.79 Å². The number of aromatic nitrogens is 1. The molecule has 1 aromatic rings. The molecule has 19 heavy (non-hydrogen) atoms. The van der Waals surface area contributed by atoms with Crippen molar-refractivity contribution in [3.63, 3.8) is 0 Å². The zero-order valence-electron chi connectivity index (χ0n) is 10.3. The molecule has 3 heterocycles. The minimum atomic E-state index is -0.600. The molecule has 2 saturated heterocycles. The number of rotatable bonds is 1. The molecule has 0 saturated carbocycles. The van der Waals surface area contributed by atoms with Crippen molar-refractivity contribution in [3.05, 3.63) is 29.8 Å². The molecule has 3 rings (SSSR count). The van der Waals surface area contributed by atoms with Gasteiger partial charge in [-0.3, -0.25) is 14.6 Å². The molecule has 5 nitrogen and oxygen atoms in total. The van der Waals surface area contributed by atoms with Crippen molar-refractivity contribution in [2.24, 2.45) is 11.8 Å². The molecule has 6 heteroatoms. The van der Waals surface area contributed by atoms with Crippen LogP contribution in [0.15, 0.2) is 18.5 Å². The van der Waals surface area contributed by atoms with Crippen LogP contribution in [0.1, 0.15) is 16.8 Å². The van der Waals surface area contributed by atoms with Gasteiger partial charge >= 0.3 is 0 Å². The number of amides is 2. The van der Waals surface area contributed by atoms with Gasteiger partial charge in [-0.15, -0.1) is 0 Å². The Labute approximate surface area is 109 Å². The summed E-state index contributed by atoms with van der Waals surface area (Å²) in [6.07, 6.45) is 2.90. The predicted octanol–water partition coefficient (Wildman–Crippen LogP) is 0.429. The molecule has 0 spiro atoms. The van der Waals surface area contributed by atoms with E-state index in [1.807, 2.05) is 0 Å². The van der Waals surface area contributed by atoms with E-state index in [1.165, 1.54) is 12.3 Å². The molecule has 0 aromatic carbocycles. The highest BCUT2D eigenvalue weighted by Gasteiger charge is 2.39. The van der Waals surface area contributed by atoms with E-state index < -0.39 is 5.82 Å². The van der Waals surface area contributed by atoms with Crippen molar-refractivity contribution in [3.8, 4) is 0 Å². The van der Waals surface area contributed by atoms with E-state index in [0.29, 0.717) is 26.1 Å². The van der Waals surface area contributed by atoms with E-state index in [4.69, 9.17) is 0 Å². The van der Waals surface area contributed by atoms with Gasteiger partial charge in [-0.1, -0.05) is 0 Å². The number of nitrogens with zero attached hydrogens (tertiary/aromatic N) is 2. The molecule has 1 aromatic heterocycles. The van der Waals surface area contributed by atoms with Crippen LogP contribution >= 0.6 is 0 Å². The summed E-state index contributed by atoms with van der Waals surface area (Å²) in [5.74, 6) is -0.405. The summed E-state index contributed by atoms with van der Waals surface area (Å²) in [6.45, 7) is 1.70. The maximum atomic E-state index is 13.5. The van der Waals surface area contributed by atoms with Gasteiger partial charge in [-0.2, -0.15) is 0 Å². The highest BCUT2D eigenvalue weighted by molar-refractivity contribution is 5.94. The van der Waals surface area contributed by atoms with Crippen molar-refractivity contribution in [2.75, 3.05) is 19.6 Å². The topological polar surface area (TPSA) is 62.3 Å². The Morgan fingerprint density at radius 1 is 1.42 bits per heavy atom. The summed E-state index contributed by atoms with van der Waals surface area (Å²) in [5.41, 5.74) is 0.0490. The lowest BCUT2D eigenvalue weighted by molar-refractivity contribution is -0.124. The Balaban J connectivity index is 1.76. The number of fused-ring (bicyclic) bond motifs is 1. The summed E-state index contributed by atoms with van der Waals surface area (Å²) in [7, 11) is 0. The Bertz CT molecular complexity index is 534. The fourth-order valence-electron chi connectivity index (χ4n) is 2.84. The van der Waals surface area contributed by atoms with Gasteiger partial charge in [0.1, 0.15) is 0 Å². The van der Waals surface area contributed by atoms with Gasteiger partial charge in [0.25, 0.3) is 5.91 Å². The zero-order chi connectivity index (χ0) is 13.4. The van der Waals surface area contributed by atoms with Crippen LogP contribution in [0.4, 0.5) is 4.39 Å². The maximum absolute atomic E-state index is 13.5. The molecule has 0 radical (unpaired) electrons. The largest absolute Gasteiger partial charge is 0.356 e. The SMILES string of the molecule is O=C1C[C@H]2CN(C(=O)c3ccncc3F)C[C@H]2CN1. The first-order chi connectivity index (χ1) is 9.15. The third-order valence-electron chi connectivity index (χ3n) is 3.88. The van der Waals surface area contributed by atoms with E-state index in [0.717, 1.165) is 6.20 Å². The third-order valence-corrected chi connectivity index (χ3v) is 3.88. The summed E-state index contributed by atoms with van der Waals surface area (Å²) >= 11 is 0. The van der Waals surface area contributed by atoms with Crippen LogP contribution in [0.2, 0.25) is 0 Å². The average molecular weight is 263 g/mol. The number of likely N-dealkylation sites (tertiary alicyclic amines) is 1. The third kappa shape index (κ3) is 2.18. The van der Waals surface area contributed by atoms with Crippen LogP contribution in [-0.4, -0.2) is 41.3 Å². The lowest BCUT2D eigenvalue weighted by Gasteiger charge is -2.23. The highest BCUT2D eigenvalue weighted by atomic mass is 19.1. The van der Waals surface area contributed by atoms with Crippen molar-refractivity contribution in [1.82, 2.24) is 15.2 Å². The van der Waals surface area contributed by atoms with E-state index in [2.05, 4.69) is 10.3 Å². The van der Waals surface area contributed by atoms with Gasteiger partial charge in [0, 0.05) is 32.3 Å². The Morgan fingerprint density at radius 2 is 2.21 bits per heavy atom. The lowest BCUT2D eigenvalue weighted by Crippen LogP contribution is -2.40. The van der Waals surface area contributed by atoms with Crippen LogP contribution in [0.3, 0.4) is 0 Å². The molecule has 0 aliphatic carbocycles. The maximum Gasteiger partial charge on any atom is 0.256 e. The molecule has 2 amide bonds. The summed E-state index contributed by atoms with van der Waals surface area (Å²) in [4.78, 5) is 28.8. The Morgan fingerprint density at radius 3 is 3.00 bits per heavy atom. The molecular formula is C13H14FN3O2. The first-order valence-corrected chi connectivity index (χ1v) is 6.30. The van der Waals surface area contributed by atoms with Crippen molar-refractivity contribution >= 4 is 11.8 Å². The minimum absolute atomic E-state index is 0.0330.